The number of aryl methyl sites for hydroxylation is 1. The van der Waals surface area contributed by atoms with Gasteiger partial charge in [0.05, 0.1) is 0 Å². The Balaban J connectivity index is 2.02. The molecule has 0 aromatic heterocycles. The minimum absolute atomic E-state index is 0.00602. The molecule has 0 radical (unpaired) electrons. The van der Waals surface area contributed by atoms with E-state index in [1.165, 1.54) is 56.9 Å². The zero-order valence-electron chi connectivity index (χ0n) is 9.97. The van der Waals surface area contributed by atoms with E-state index in [2.05, 4.69) is 18.2 Å². The van der Waals surface area contributed by atoms with Crippen LogP contribution in [-0.2, 0) is 18.4 Å². The van der Waals surface area contributed by atoms with Crippen molar-refractivity contribution in [2.45, 2.75) is 56.9 Å². The van der Waals surface area contributed by atoms with Crippen LogP contribution in [0.2, 0.25) is 0 Å². The zero-order chi connectivity index (χ0) is 11.0. The van der Waals surface area contributed by atoms with Gasteiger partial charge in [-0.25, -0.2) is 0 Å². The summed E-state index contributed by atoms with van der Waals surface area (Å²) in [6.07, 6.45) is 10.2. The van der Waals surface area contributed by atoms with E-state index in [0.29, 0.717) is 0 Å². The van der Waals surface area contributed by atoms with Gasteiger partial charge in [0.25, 0.3) is 0 Å². The molecule has 86 valence electrons. The lowest BCUT2D eigenvalue weighted by atomic mass is 9.75. The van der Waals surface area contributed by atoms with Crippen LogP contribution in [0.15, 0.2) is 18.2 Å². The molecule has 0 spiro atoms. The van der Waals surface area contributed by atoms with Gasteiger partial charge in [0.15, 0.2) is 0 Å². The van der Waals surface area contributed by atoms with E-state index in [1.807, 2.05) is 0 Å². The molecular weight excluding hydrogens is 194 g/mol. The van der Waals surface area contributed by atoms with Gasteiger partial charge in [-0.2, -0.15) is 0 Å². The summed E-state index contributed by atoms with van der Waals surface area (Å²) in [6.45, 7) is 0. The molecule has 16 heavy (non-hydrogen) atoms. The lowest BCUT2D eigenvalue weighted by Crippen LogP contribution is -2.39. The van der Waals surface area contributed by atoms with Crippen molar-refractivity contribution in [2.75, 3.05) is 0 Å². The van der Waals surface area contributed by atoms with E-state index in [4.69, 9.17) is 5.73 Å². The molecule has 0 saturated heterocycles. The molecule has 2 N–H and O–H groups in total. The number of nitrogens with two attached hydrogens (primary N) is 1. The monoisotopic (exact) mass is 215 g/mol. The first-order valence-electron chi connectivity index (χ1n) is 6.70. The Morgan fingerprint density at radius 1 is 0.938 bits per heavy atom. The van der Waals surface area contributed by atoms with Crippen molar-refractivity contribution in [1.29, 1.82) is 0 Å². The maximum atomic E-state index is 6.65. The van der Waals surface area contributed by atoms with Gasteiger partial charge in [0, 0.05) is 5.54 Å². The van der Waals surface area contributed by atoms with Crippen molar-refractivity contribution in [3.63, 3.8) is 0 Å². The van der Waals surface area contributed by atoms with Crippen molar-refractivity contribution in [1.82, 2.24) is 0 Å². The largest absolute Gasteiger partial charge is 0.321 e. The van der Waals surface area contributed by atoms with Crippen LogP contribution < -0.4 is 5.73 Å². The molecule has 1 fully saturated rings. The lowest BCUT2D eigenvalue weighted by Gasteiger charge is -2.35. The number of benzene rings is 1. The molecule has 1 saturated carbocycles. The van der Waals surface area contributed by atoms with Gasteiger partial charge in [-0.05, 0) is 48.8 Å². The van der Waals surface area contributed by atoms with Gasteiger partial charge in [-0.1, -0.05) is 37.5 Å². The molecule has 0 bridgehead atoms. The summed E-state index contributed by atoms with van der Waals surface area (Å²) < 4.78 is 0. The third-order valence-corrected chi connectivity index (χ3v) is 4.43. The zero-order valence-corrected chi connectivity index (χ0v) is 9.97. The van der Waals surface area contributed by atoms with Gasteiger partial charge < -0.3 is 5.73 Å². The molecule has 0 heterocycles. The Hall–Kier alpha value is -0.820. The van der Waals surface area contributed by atoms with Crippen molar-refractivity contribution in [3.8, 4) is 0 Å². The maximum absolute atomic E-state index is 6.65. The van der Waals surface area contributed by atoms with Crippen LogP contribution in [0, 0.1) is 0 Å². The fourth-order valence-electron chi connectivity index (χ4n) is 3.54. The van der Waals surface area contributed by atoms with Gasteiger partial charge in [-0.15, -0.1) is 0 Å². The Kier molecular flexibility index (Phi) is 2.51. The van der Waals surface area contributed by atoms with Crippen LogP contribution in [0.1, 0.15) is 55.2 Å². The average Bonchev–Trinajstić information content (AvgIpc) is 2.77. The summed E-state index contributed by atoms with van der Waals surface area (Å²) >= 11 is 0. The van der Waals surface area contributed by atoms with Crippen molar-refractivity contribution < 1.29 is 0 Å². The van der Waals surface area contributed by atoms with Crippen LogP contribution in [0.4, 0.5) is 0 Å². The van der Waals surface area contributed by atoms with Gasteiger partial charge in [-0.3, -0.25) is 0 Å². The smallest absolute Gasteiger partial charge is 0.0412 e. The van der Waals surface area contributed by atoms with E-state index >= 15 is 0 Å². The maximum Gasteiger partial charge on any atom is 0.0412 e. The number of fused-ring (bicyclic) bond motifs is 1. The molecule has 2 aliphatic carbocycles. The fraction of sp³-hybridized carbons (Fsp3) is 0.600. The van der Waals surface area contributed by atoms with Crippen LogP contribution in [-0.4, -0.2) is 0 Å². The lowest BCUT2D eigenvalue weighted by molar-refractivity contribution is 0.300. The minimum atomic E-state index is -0.00602. The molecule has 3 rings (SSSR count). The van der Waals surface area contributed by atoms with Crippen LogP contribution in [0.5, 0.6) is 0 Å². The van der Waals surface area contributed by atoms with Crippen molar-refractivity contribution in [3.05, 3.63) is 34.9 Å². The van der Waals surface area contributed by atoms with Crippen LogP contribution in [0.3, 0.4) is 0 Å². The SMILES string of the molecule is NC1(c2cccc3c2CCC3)CCCCC1. The summed E-state index contributed by atoms with van der Waals surface area (Å²) in [5, 5.41) is 0. The van der Waals surface area contributed by atoms with Crippen LogP contribution >= 0.6 is 0 Å². The summed E-state index contributed by atoms with van der Waals surface area (Å²) in [5.41, 5.74) is 11.3. The topological polar surface area (TPSA) is 26.0 Å². The summed E-state index contributed by atoms with van der Waals surface area (Å²) in [6, 6.07) is 6.79. The first-order chi connectivity index (χ1) is 7.80. The normalized spacial score (nSPS) is 23.1. The van der Waals surface area contributed by atoms with Crippen LogP contribution in [0.25, 0.3) is 0 Å². The molecule has 1 nitrogen and oxygen atoms in total. The number of rotatable bonds is 1. The molecule has 0 unspecified atom stereocenters. The summed E-state index contributed by atoms with van der Waals surface area (Å²) in [7, 11) is 0. The Bertz CT molecular complexity index is 388. The summed E-state index contributed by atoms with van der Waals surface area (Å²) in [4.78, 5) is 0. The highest BCUT2D eigenvalue weighted by molar-refractivity contribution is 5.42. The first kappa shape index (κ1) is 10.3. The third kappa shape index (κ3) is 1.58. The highest BCUT2D eigenvalue weighted by Gasteiger charge is 2.32. The highest BCUT2D eigenvalue weighted by Crippen LogP contribution is 2.39. The molecule has 0 aliphatic heterocycles. The Morgan fingerprint density at radius 3 is 2.56 bits per heavy atom. The fourth-order valence-corrected chi connectivity index (χ4v) is 3.54. The second-order valence-electron chi connectivity index (χ2n) is 5.51. The Labute approximate surface area is 98.0 Å². The molecule has 0 amide bonds. The summed E-state index contributed by atoms with van der Waals surface area (Å²) in [5.74, 6) is 0. The average molecular weight is 215 g/mol. The number of hydrogen-bond donors (Lipinski definition) is 1. The highest BCUT2D eigenvalue weighted by atomic mass is 14.7. The van der Waals surface area contributed by atoms with E-state index < -0.39 is 0 Å². The molecule has 0 atom stereocenters. The standard InChI is InChI=1S/C15H21N/c16-15(10-2-1-3-11-15)14-9-5-7-12-6-4-8-13(12)14/h5,7,9H,1-4,6,8,10-11,16H2. The second kappa shape index (κ2) is 3.89. The van der Waals surface area contributed by atoms with Gasteiger partial charge in [0.2, 0.25) is 0 Å². The molecule has 1 heteroatoms. The minimum Gasteiger partial charge on any atom is -0.321 e. The van der Waals surface area contributed by atoms with E-state index in [1.54, 1.807) is 11.1 Å². The number of hydrogen-bond acceptors (Lipinski definition) is 1. The van der Waals surface area contributed by atoms with Crippen molar-refractivity contribution >= 4 is 0 Å². The van der Waals surface area contributed by atoms with E-state index in [-0.39, 0.29) is 5.54 Å². The van der Waals surface area contributed by atoms with E-state index in [9.17, 15) is 0 Å². The Morgan fingerprint density at radius 2 is 1.75 bits per heavy atom. The predicted molar refractivity (Wildman–Crippen MR) is 67.4 cm³/mol. The molecule has 2 aliphatic rings. The quantitative estimate of drug-likeness (QED) is 0.764. The first-order valence-corrected chi connectivity index (χ1v) is 6.70. The molecular formula is C15H21N. The second-order valence-corrected chi connectivity index (χ2v) is 5.51. The predicted octanol–water partition coefficient (Wildman–Crippen LogP) is 3.29. The van der Waals surface area contributed by atoms with Gasteiger partial charge in [0.1, 0.15) is 0 Å². The molecule has 1 aromatic rings. The van der Waals surface area contributed by atoms with E-state index in [0.717, 1.165) is 0 Å². The molecule has 1 aromatic carbocycles. The van der Waals surface area contributed by atoms with Gasteiger partial charge >= 0.3 is 0 Å². The van der Waals surface area contributed by atoms with Crippen molar-refractivity contribution in [2.24, 2.45) is 5.73 Å². The third-order valence-electron chi connectivity index (χ3n) is 4.43.